The summed E-state index contributed by atoms with van der Waals surface area (Å²) < 4.78 is 10.5. The van der Waals surface area contributed by atoms with Crippen LogP contribution in [0.3, 0.4) is 0 Å². The van der Waals surface area contributed by atoms with Crippen LogP contribution >= 0.6 is 12.6 Å². The van der Waals surface area contributed by atoms with Crippen molar-refractivity contribution in [3.63, 3.8) is 0 Å². The van der Waals surface area contributed by atoms with Crippen molar-refractivity contribution >= 4 is 26.3 Å². The molecule has 0 aliphatic rings. The maximum atomic E-state index is 10.5. The van der Waals surface area contributed by atoms with Crippen LogP contribution < -0.4 is 0 Å². The molecule has 0 aliphatic carbocycles. The summed E-state index contributed by atoms with van der Waals surface area (Å²) in [5, 5.41) is -0.0708. The molecule has 0 spiro atoms. The molecule has 0 heterocycles. The average molecular weight is 208 g/mol. The highest BCUT2D eigenvalue weighted by atomic mass is 32.1. The van der Waals surface area contributed by atoms with Crippen LogP contribution in [0.15, 0.2) is 0 Å². The van der Waals surface area contributed by atoms with E-state index < -0.39 is 8.56 Å². The number of hydrogen-bond acceptors (Lipinski definition) is 3. The van der Waals surface area contributed by atoms with E-state index in [9.17, 15) is 4.79 Å². The Balaban J connectivity index is 3.65. The topological polar surface area (TPSA) is 35.5 Å². The highest BCUT2D eigenvalue weighted by molar-refractivity contribution is 7.96. The van der Waals surface area contributed by atoms with Gasteiger partial charge >= 0.3 is 8.56 Å². The molecule has 0 aromatic heterocycles. The summed E-state index contributed by atoms with van der Waals surface area (Å²) in [7, 11) is 1.35. The van der Waals surface area contributed by atoms with Gasteiger partial charge in [0.2, 0.25) is 0 Å². The lowest BCUT2D eigenvalue weighted by atomic mass is 10.4. The van der Waals surface area contributed by atoms with Crippen LogP contribution in [0.5, 0.6) is 0 Å². The fraction of sp³-hybridized carbons (Fsp3) is 0.857. The average Bonchev–Trinajstić information content (AvgIpc) is 2.03. The molecule has 0 saturated carbocycles. The molecular weight excluding hydrogens is 192 g/mol. The van der Waals surface area contributed by atoms with Crippen LogP contribution in [-0.4, -0.2) is 27.9 Å². The Morgan fingerprint density at radius 2 is 1.92 bits per heavy atom. The Labute approximate surface area is 80.1 Å². The summed E-state index contributed by atoms with van der Waals surface area (Å²) in [6.07, 6.45) is 1.30. The third kappa shape index (κ3) is 4.92. The third-order valence-corrected chi connectivity index (χ3v) is 5.10. The molecule has 12 heavy (non-hydrogen) atoms. The van der Waals surface area contributed by atoms with E-state index in [1.54, 1.807) is 14.2 Å². The molecule has 0 N–H and O–H groups in total. The molecule has 3 nitrogen and oxygen atoms in total. The molecule has 0 aromatic rings. The normalized spacial score (nSPS) is 11.7. The number of thiol groups is 1. The van der Waals surface area contributed by atoms with Crippen LogP contribution in [0.25, 0.3) is 0 Å². The molecule has 0 amide bonds. The van der Waals surface area contributed by atoms with Crippen molar-refractivity contribution in [1.29, 1.82) is 0 Å². The summed E-state index contributed by atoms with van der Waals surface area (Å²) in [6, 6.07) is 0.840. The van der Waals surface area contributed by atoms with Crippen LogP contribution in [-0.2, 0) is 13.6 Å². The van der Waals surface area contributed by atoms with Crippen molar-refractivity contribution in [2.24, 2.45) is 0 Å². The number of carbonyl (C=O) groups is 1. The molecule has 0 fully saturated rings. The number of carbonyl (C=O) groups excluding carboxylic acids is 1. The van der Waals surface area contributed by atoms with E-state index in [1.807, 2.05) is 6.55 Å². The SMILES string of the molecule is CO[Si](C)(CCCC(=O)S)OC. The largest absolute Gasteiger partial charge is 0.398 e. The van der Waals surface area contributed by atoms with Gasteiger partial charge in [-0.05, 0) is 19.0 Å². The molecular formula is C7H16O3SSi. The molecule has 0 aliphatic heterocycles. The van der Waals surface area contributed by atoms with Gasteiger partial charge in [-0.1, -0.05) is 0 Å². The molecule has 0 unspecified atom stereocenters. The molecule has 0 bridgehead atoms. The summed E-state index contributed by atoms with van der Waals surface area (Å²) in [5.74, 6) is 0. The van der Waals surface area contributed by atoms with Gasteiger partial charge in [-0.2, -0.15) is 0 Å². The first-order chi connectivity index (χ1) is 5.54. The summed E-state index contributed by atoms with van der Waals surface area (Å²) >= 11 is 3.68. The van der Waals surface area contributed by atoms with Gasteiger partial charge in [0.1, 0.15) is 0 Å². The summed E-state index contributed by atoms with van der Waals surface area (Å²) in [5.41, 5.74) is 0. The van der Waals surface area contributed by atoms with Gasteiger partial charge in [0.25, 0.3) is 0 Å². The minimum atomic E-state index is -1.95. The second-order valence-corrected chi connectivity index (χ2v) is 6.87. The van der Waals surface area contributed by atoms with E-state index in [0.29, 0.717) is 6.42 Å². The molecule has 0 radical (unpaired) electrons. The second kappa shape index (κ2) is 5.74. The fourth-order valence-electron chi connectivity index (χ4n) is 0.848. The van der Waals surface area contributed by atoms with Gasteiger partial charge in [0, 0.05) is 20.6 Å². The Morgan fingerprint density at radius 3 is 2.25 bits per heavy atom. The zero-order valence-corrected chi connectivity index (χ0v) is 9.69. The highest BCUT2D eigenvalue weighted by Crippen LogP contribution is 2.15. The lowest BCUT2D eigenvalue weighted by molar-refractivity contribution is -0.110. The molecule has 0 saturated heterocycles. The lowest BCUT2D eigenvalue weighted by Gasteiger charge is -2.22. The van der Waals surface area contributed by atoms with Crippen LogP contribution in [0.4, 0.5) is 0 Å². The van der Waals surface area contributed by atoms with Crippen molar-refractivity contribution in [1.82, 2.24) is 0 Å². The number of rotatable bonds is 6. The first-order valence-electron chi connectivity index (χ1n) is 3.86. The van der Waals surface area contributed by atoms with Gasteiger partial charge in [-0.3, -0.25) is 4.79 Å². The van der Waals surface area contributed by atoms with E-state index in [1.165, 1.54) is 0 Å². The monoisotopic (exact) mass is 208 g/mol. The van der Waals surface area contributed by atoms with Crippen LogP contribution in [0.2, 0.25) is 12.6 Å². The maximum Gasteiger partial charge on any atom is 0.334 e. The molecule has 5 heteroatoms. The minimum absolute atomic E-state index is 0.0708. The summed E-state index contributed by atoms with van der Waals surface area (Å²) in [6.45, 7) is 1.98. The van der Waals surface area contributed by atoms with Crippen molar-refractivity contribution in [3.05, 3.63) is 0 Å². The summed E-state index contributed by atoms with van der Waals surface area (Å²) in [4.78, 5) is 10.5. The maximum absolute atomic E-state index is 10.5. The first kappa shape index (κ1) is 12.2. The zero-order chi connectivity index (χ0) is 9.61. The van der Waals surface area contributed by atoms with Gasteiger partial charge in [-0.25, -0.2) is 0 Å². The smallest absolute Gasteiger partial charge is 0.334 e. The predicted octanol–water partition coefficient (Wildman–Crippen LogP) is 1.59. The standard InChI is InChI=1S/C7H16O3SSi/c1-9-12(3,10-2)6-4-5-7(8)11/h4-6H2,1-3H3,(H,8,11). The zero-order valence-electron chi connectivity index (χ0n) is 7.79. The van der Waals surface area contributed by atoms with Gasteiger partial charge in [0.05, 0.1) is 0 Å². The van der Waals surface area contributed by atoms with Crippen molar-refractivity contribution < 1.29 is 13.6 Å². The molecule has 0 rings (SSSR count). The van der Waals surface area contributed by atoms with Crippen molar-refractivity contribution in [2.75, 3.05) is 14.2 Å². The lowest BCUT2D eigenvalue weighted by Crippen LogP contribution is -2.35. The quantitative estimate of drug-likeness (QED) is 0.532. The van der Waals surface area contributed by atoms with E-state index >= 15 is 0 Å². The first-order valence-corrected chi connectivity index (χ1v) is 6.83. The van der Waals surface area contributed by atoms with Crippen molar-refractivity contribution in [2.45, 2.75) is 25.4 Å². The minimum Gasteiger partial charge on any atom is -0.398 e. The van der Waals surface area contributed by atoms with Gasteiger partial charge in [-0.15, -0.1) is 12.6 Å². The highest BCUT2D eigenvalue weighted by Gasteiger charge is 2.27. The van der Waals surface area contributed by atoms with Crippen molar-refractivity contribution in [3.8, 4) is 0 Å². The van der Waals surface area contributed by atoms with E-state index in [-0.39, 0.29) is 5.12 Å². The van der Waals surface area contributed by atoms with E-state index in [4.69, 9.17) is 8.85 Å². The Morgan fingerprint density at radius 1 is 1.42 bits per heavy atom. The van der Waals surface area contributed by atoms with Crippen LogP contribution in [0, 0.1) is 0 Å². The predicted molar refractivity (Wildman–Crippen MR) is 53.7 cm³/mol. The molecule has 0 atom stereocenters. The Kier molecular flexibility index (Phi) is 5.82. The fourth-order valence-corrected chi connectivity index (χ4v) is 2.40. The van der Waals surface area contributed by atoms with Gasteiger partial charge < -0.3 is 8.85 Å². The van der Waals surface area contributed by atoms with Crippen LogP contribution in [0.1, 0.15) is 12.8 Å². The van der Waals surface area contributed by atoms with Gasteiger partial charge in [0.15, 0.2) is 5.12 Å². The Hall–Kier alpha value is 0.157. The molecule has 72 valence electrons. The van der Waals surface area contributed by atoms with E-state index in [2.05, 4.69) is 12.6 Å². The molecule has 0 aromatic carbocycles. The third-order valence-electron chi connectivity index (χ3n) is 1.89. The number of hydrogen-bond donors (Lipinski definition) is 1. The van der Waals surface area contributed by atoms with E-state index in [0.717, 1.165) is 12.5 Å². The Bertz CT molecular complexity index is 148. The second-order valence-electron chi connectivity index (χ2n) is 2.79.